The highest BCUT2D eigenvalue weighted by Crippen LogP contribution is 2.32. The van der Waals surface area contributed by atoms with E-state index >= 15 is 4.39 Å². The molecular formula is C53H43FN2O2S. The molecule has 0 radical (unpaired) electrons. The third-order valence-electron chi connectivity index (χ3n) is 10.1. The van der Waals surface area contributed by atoms with Gasteiger partial charge in [0.2, 0.25) is 0 Å². The molecule has 7 aromatic rings. The van der Waals surface area contributed by atoms with Gasteiger partial charge in [-0.3, -0.25) is 0 Å². The second-order valence-electron chi connectivity index (χ2n) is 14.3. The van der Waals surface area contributed by atoms with Crippen LogP contribution in [0.25, 0.3) is 33.0 Å². The first-order valence-corrected chi connectivity index (χ1v) is 20.9. The number of rotatable bonds is 15. The smallest absolute Gasteiger partial charge is 0.132 e. The van der Waals surface area contributed by atoms with E-state index in [9.17, 15) is 0 Å². The summed E-state index contributed by atoms with van der Waals surface area (Å²) in [7, 11) is 0. The SMILES string of the molecule is C#Cc1ccc(-c2ccc3cc(C#Cc4ccc(-c5ccc(SCCCCCOCC6CO6)cc5)c(F)c4)ccc3c2/C=N/N(c2ccccc2)c2ccccc2)cc1. The molecule has 1 heterocycles. The topological polar surface area (TPSA) is 37.4 Å². The van der Waals surface area contributed by atoms with Gasteiger partial charge < -0.3 is 9.47 Å². The van der Waals surface area contributed by atoms with E-state index in [1.807, 2.05) is 138 Å². The van der Waals surface area contributed by atoms with Gasteiger partial charge in [0.15, 0.2) is 0 Å². The van der Waals surface area contributed by atoms with Crippen molar-refractivity contribution in [1.29, 1.82) is 0 Å². The van der Waals surface area contributed by atoms with E-state index in [0.29, 0.717) is 17.2 Å². The van der Waals surface area contributed by atoms with E-state index in [0.717, 1.165) is 100 Å². The lowest BCUT2D eigenvalue weighted by atomic mass is 9.93. The van der Waals surface area contributed by atoms with Crippen molar-refractivity contribution in [3.8, 4) is 46.4 Å². The van der Waals surface area contributed by atoms with Crippen LogP contribution in [0.2, 0.25) is 0 Å². The molecule has 7 aromatic carbocycles. The minimum Gasteiger partial charge on any atom is -0.379 e. The number of hydrogen-bond acceptors (Lipinski definition) is 5. The third kappa shape index (κ3) is 10.4. The third-order valence-corrected chi connectivity index (χ3v) is 11.2. The van der Waals surface area contributed by atoms with E-state index < -0.39 is 0 Å². The minimum atomic E-state index is -0.294. The predicted molar refractivity (Wildman–Crippen MR) is 243 cm³/mol. The number of epoxide rings is 1. The average Bonchev–Trinajstić information content (AvgIpc) is 4.12. The molecule has 59 heavy (non-hydrogen) atoms. The zero-order chi connectivity index (χ0) is 40.2. The number of hydrazone groups is 1. The molecule has 1 atom stereocenters. The molecule has 8 rings (SSSR count). The summed E-state index contributed by atoms with van der Waals surface area (Å²) in [6.45, 7) is 2.36. The van der Waals surface area contributed by atoms with Crippen LogP contribution in [-0.2, 0) is 9.47 Å². The Labute approximate surface area is 350 Å². The number of nitrogens with zero attached hydrogens (tertiary/aromatic N) is 2. The quantitative estimate of drug-likeness (QED) is 0.0259. The molecule has 290 valence electrons. The summed E-state index contributed by atoms with van der Waals surface area (Å²) < 4.78 is 26.3. The number of halogens is 1. The highest BCUT2D eigenvalue weighted by Gasteiger charge is 2.22. The first-order chi connectivity index (χ1) is 29.1. The highest BCUT2D eigenvalue weighted by molar-refractivity contribution is 7.99. The molecule has 1 fully saturated rings. The second-order valence-corrected chi connectivity index (χ2v) is 15.5. The fraction of sp³-hybridized carbons (Fsp3) is 0.151. The van der Waals surface area contributed by atoms with Gasteiger partial charge in [0.1, 0.15) is 11.9 Å². The molecule has 0 aromatic heterocycles. The maximum Gasteiger partial charge on any atom is 0.132 e. The Balaban J connectivity index is 0.993. The average molecular weight is 791 g/mol. The molecule has 0 spiro atoms. The van der Waals surface area contributed by atoms with Crippen LogP contribution in [0.15, 0.2) is 168 Å². The van der Waals surface area contributed by atoms with Crippen LogP contribution in [-0.4, -0.2) is 37.9 Å². The summed E-state index contributed by atoms with van der Waals surface area (Å²) in [5.74, 6) is 9.93. The van der Waals surface area contributed by atoms with Gasteiger partial charge in [-0.15, -0.1) is 18.2 Å². The van der Waals surface area contributed by atoms with E-state index in [1.165, 1.54) is 11.0 Å². The predicted octanol–water partition coefficient (Wildman–Crippen LogP) is 12.5. The summed E-state index contributed by atoms with van der Waals surface area (Å²) in [5, 5.41) is 9.06. The van der Waals surface area contributed by atoms with Gasteiger partial charge in [-0.25, -0.2) is 9.40 Å². The maximum atomic E-state index is 15.5. The van der Waals surface area contributed by atoms with Gasteiger partial charge in [0.05, 0.1) is 30.8 Å². The number of benzene rings is 7. The van der Waals surface area contributed by atoms with Crippen LogP contribution in [0, 0.1) is 30.0 Å². The molecule has 1 aliphatic heterocycles. The molecule has 0 amide bonds. The van der Waals surface area contributed by atoms with Crippen LogP contribution >= 0.6 is 11.8 Å². The largest absolute Gasteiger partial charge is 0.379 e. The van der Waals surface area contributed by atoms with Gasteiger partial charge in [0.25, 0.3) is 0 Å². The summed E-state index contributed by atoms with van der Waals surface area (Å²) in [6.07, 6.45) is 11.3. The summed E-state index contributed by atoms with van der Waals surface area (Å²) in [4.78, 5) is 1.19. The van der Waals surface area contributed by atoms with Gasteiger partial charge in [-0.2, -0.15) is 5.10 Å². The number of hydrogen-bond donors (Lipinski definition) is 0. The Bertz CT molecular complexity index is 2600. The summed E-state index contributed by atoms with van der Waals surface area (Å²) >= 11 is 1.83. The lowest BCUT2D eigenvalue weighted by Gasteiger charge is -2.20. The van der Waals surface area contributed by atoms with Gasteiger partial charge in [-0.05, 0) is 119 Å². The molecule has 4 nitrogen and oxygen atoms in total. The molecule has 0 saturated carbocycles. The zero-order valence-electron chi connectivity index (χ0n) is 32.7. The van der Waals surface area contributed by atoms with Gasteiger partial charge in [-0.1, -0.05) is 109 Å². The van der Waals surface area contributed by atoms with Crippen molar-refractivity contribution in [2.45, 2.75) is 30.3 Å². The maximum absolute atomic E-state index is 15.5. The van der Waals surface area contributed by atoms with E-state index in [-0.39, 0.29) is 5.82 Å². The van der Waals surface area contributed by atoms with Crippen molar-refractivity contribution in [3.05, 3.63) is 186 Å². The molecule has 0 aliphatic carbocycles. The molecular weight excluding hydrogens is 748 g/mol. The van der Waals surface area contributed by atoms with Crippen molar-refractivity contribution < 1.29 is 13.9 Å². The van der Waals surface area contributed by atoms with E-state index in [2.05, 4.69) is 54.2 Å². The Morgan fingerprint density at radius 1 is 0.712 bits per heavy atom. The molecule has 6 heteroatoms. The summed E-state index contributed by atoms with van der Waals surface area (Å²) in [6, 6.07) is 52.0. The van der Waals surface area contributed by atoms with Crippen LogP contribution in [0.1, 0.15) is 41.5 Å². The molecule has 1 saturated heterocycles. The van der Waals surface area contributed by atoms with E-state index in [4.69, 9.17) is 21.0 Å². The first kappa shape index (κ1) is 39.4. The van der Waals surface area contributed by atoms with Crippen molar-refractivity contribution in [1.82, 2.24) is 0 Å². The fourth-order valence-corrected chi connectivity index (χ4v) is 7.77. The molecule has 1 unspecified atom stereocenters. The van der Waals surface area contributed by atoms with Crippen LogP contribution in [0.3, 0.4) is 0 Å². The number of terminal acetylenes is 1. The van der Waals surface area contributed by atoms with Crippen molar-refractivity contribution >= 4 is 40.1 Å². The molecule has 0 N–H and O–H groups in total. The zero-order valence-corrected chi connectivity index (χ0v) is 33.5. The number of ether oxygens (including phenoxy) is 2. The minimum absolute atomic E-state index is 0.294. The number of anilines is 2. The van der Waals surface area contributed by atoms with Crippen LogP contribution in [0.5, 0.6) is 0 Å². The number of para-hydroxylation sites is 2. The number of unbranched alkanes of at least 4 members (excludes halogenated alkanes) is 2. The van der Waals surface area contributed by atoms with Crippen molar-refractivity contribution in [2.75, 3.05) is 30.6 Å². The Morgan fingerprint density at radius 3 is 2.02 bits per heavy atom. The lowest BCUT2D eigenvalue weighted by Crippen LogP contribution is -2.09. The van der Waals surface area contributed by atoms with Gasteiger partial charge in [0, 0.05) is 39.3 Å². The van der Waals surface area contributed by atoms with E-state index in [1.54, 1.807) is 0 Å². The van der Waals surface area contributed by atoms with Crippen molar-refractivity contribution in [2.24, 2.45) is 5.10 Å². The normalized spacial score (nSPS) is 13.2. The Morgan fingerprint density at radius 2 is 1.34 bits per heavy atom. The van der Waals surface area contributed by atoms with Crippen LogP contribution in [0.4, 0.5) is 15.8 Å². The highest BCUT2D eigenvalue weighted by atomic mass is 32.2. The second kappa shape index (κ2) is 19.4. The number of fused-ring (bicyclic) bond motifs is 1. The first-order valence-electron chi connectivity index (χ1n) is 19.9. The Kier molecular flexibility index (Phi) is 12.9. The standard InChI is InChI=1S/C53H43FN2O2S/c1-2-39-18-22-42(23-19-39)49-31-26-44-34-40(20-29-50(44)52(49)36-55-56(45-12-6-3-7-13-45)46-14-8-4-9-15-46)16-17-41-21-30-51(53(54)35-41)43-24-27-48(28-25-43)59-33-11-5-10-32-57-37-47-38-58-47/h1,3-4,6-9,12-15,18-31,34-36,47H,5,10-11,32-33,37-38H2/b55-36+. The molecule has 0 bridgehead atoms. The molecule has 1 aliphatic rings. The monoisotopic (exact) mass is 790 g/mol. The summed E-state index contributed by atoms with van der Waals surface area (Å²) in [5.41, 5.74) is 8.60. The lowest BCUT2D eigenvalue weighted by molar-refractivity contribution is 0.113. The fourth-order valence-electron chi connectivity index (χ4n) is 6.86. The van der Waals surface area contributed by atoms with Crippen LogP contribution < -0.4 is 5.01 Å². The number of thioether (sulfide) groups is 1. The van der Waals surface area contributed by atoms with Crippen molar-refractivity contribution in [3.63, 3.8) is 0 Å². The Hall–Kier alpha value is -6.41. The van der Waals surface area contributed by atoms with Gasteiger partial charge >= 0.3 is 0 Å².